The van der Waals surface area contributed by atoms with Crippen LogP contribution in [0.15, 0.2) is 4.99 Å². The predicted molar refractivity (Wildman–Crippen MR) is 91.8 cm³/mol. The number of aliphatic hydroxyl groups excluding tert-OH is 1. The van der Waals surface area contributed by atoms with Crippen LogP contribution in [0.5, 0.6) is 0 Å². The molecule has 0 aromatic rings. The van der Waals surface area contributed by atoms with Crippen molar-refractivity contribution in [1.29, 1.82) is 0 Å². The molecule has 3 nitrogen and oxygen atoms in total. The normalized spacial score (nSPS) is 21.8. The Bertz CT molecular complexity index is 291. The molecule has 1 N–H and O–H groups in total. The highest BCUT2D eigenvalue weighted by Crippen LogP contribution is 2.17. The van der Waals surface area contributed by atoms with E-state index in [0.717, 1.165) is 30.5 Å². The van der Waals surface area contributed by atoms with E-state index in [1.54, 1.807) is 0 Å². The average Bonchev–Trinajstić information content (AvgIpc) is 2.82. The van der Waals surface area contributed by atoms with Gasteiger partial charge in [-0.1, -0.05) is 64.7 Å². The number of amidine groups is 1. The summed E-state index contributed by atoms with van der Waals surface area (Å²) in [5, 5.41) is 9.19. The maximum absolute atomic E-state index is 9.19. The number of aliphatic imine (C=N–C) groups is 1. The monoisotopic (exact) mass is 297 g/mol. The van der Waals surface area contributed by atoms with E-state index in [9.17, 15) is 5.11 Å². The first-order chi connectivity index (χ1) is 10.2. The van der Waals surface area contributed by atoms with Crippen molar-refractivity contribution in [2.45, 2.75) is 77.6 Å². The molecular formula is C18H37N2O+. The van der Waals surface area contributed by atoms with Gasteiger partial charge in [0.1, 0.15) is 13.1 Å². The van der Waals surface area contributed by atoms with E-state index in [1.807, 2.05) is 0 Å². The summed E-state index contributed by atoms with van der Waals surface area (Å²) in [6.07, 6.45) is 15.0. The summed E-state index contributed by atoms with van der Waals surface area (Å²) in [5.41, 5.74) is 0. The van der Waals surface area contributed by atoms with Crippen LogP contribution in [0.2, 0.25) is 0 Å². The van der Waals surface area contributed by atoms with Crippen LogP contribution in [0.1, 0.15) is 77.6 Å². The third kappa shape index (κ3) is 7.42. The molecule has 0 bridgehead atoms. The molecule has 0 fully saturated rings. The Morgan fingerprint density at radius 2 is 1.52 bits per heavy atom. The van der Waals surface area contributed by atoms with Crippen LogP contribution in [-0.2, 0) is 0 Å². The van der Waals surface area contributed by atoms with Gasteiger partial charge in [-0.3, -0.25) is 4.48 Å². The van der Waals surface area contributed by atoms with Crippen LogP contribution in [0.25, 0.3) is 0 Å². The topological polar surface area (TPSA) is 32.6 Å². The standard InChI is InChI=1S/C18H37N2O/c1-3-4-5-6-7-8-9-10-11-12-13-18-19-14-15-20(18,2)16-17-21/h21H,3-17H2,1-2H3/q+1. The minimum atomic E-state index is 0.271. The van der Waals surface area contributed by atoms with Crippen LogP contribution in [0, 0.1) is 0 Å². The van der Waals surface area contributed by atoms with Gasteiger partial charge in [-0.05, 0) is 6.42 Å². The number of quaternary nitrogens is 1. The van der Waals surface area contributed by atoms with Crippen molar-refractivity contribution in [1.82, 2.24) is 0 Å². The molecule has 1 aliphatic heterocycles. The van der Waals surface area contributed by atoms with Gasteiger partial charge in [0.25, 0.3) is 0 Å². The minimum Gasteiger partial charge on any atom is -0.390 e. The summed E-state index contributed by atoms with van der Waals surface area (Å²) in [6, 6.07) is 0. The van der Waals surface area contributed by atoms with E-state index in [-0.39, 0.29) is 6.61 Å². The zero-order valence-electron chi connectivity index (χ0n) is 14.4. The second kappa shape index (κ2) is 11.2. The molecule has 0 aromatic heterocycles. The quantitative estimate of drug-likeness (QED) is 0.402. The summed E-state index contributed by atoms with van der Waals surface area (Å²) in [5.74, 6) is 1.32. The van der Waals surface area contributed by atoms with Crippen LogP contribution in [0.3, 0.4) is 0 Å². The van der Waals surface area contributed by atoms with Crippen molar-refractivity contribution < 1.29 is 9.59 Å². The molecule has 3 heteroatoms. The molecule has 0 amide bonds. The number of hydrogen-bond acceptors (Lipinski definition) is 2. The van der Waals surface area contributed by atoms with Gasteiger partial charge in [-0.15, -0.1) is 0 Å². The molecule has 0 saturated heterocycles. The molecular weight excluding hydrogens is 260 g/mol. The molecule has 0 aromatic carbocycles. The van der Waals surface area contributed by atoms with Crippen molar-refractivity contribution in [2.75, 3.05) is 33.3 Å². The zero-order chi connectivity index (χ0) is 15.4. The lowest BCUT2D eigenvalue weighted by Crippen LogP contribution is -2.48. The molecule has 0 spiro atoms. The lowest BCUT2D eigenvalue weighted by molar-refractivity contribution is -0.815. The lowest BCUT2D eigenvalue weighted by atomic mass is 10.1. The van der Waals surface area contributed by atoms with E-state index in [0.29, 0.717) is 0 Å². The van der Waals surface area contributed by atoms with Gasteiger partial charge in [-0.25, -0.2) is 4.99 Å². The second-order valence-corrected chi connectivity index (χ2v) is 6.80. The number of nitrogens with zero attached hydrogens (tertiary/aromatic N) is 2. The van der Waals surface area contributed by atoms with Gasteiger partial charge in [0, 0.05) is 6.42 Å². The fraction of sp³-hybridized carbons (Fsp3) is 0.944. The molecule has 0 saturated carbocycles. The SMILES string of the molecule is CCCCCCCCCCCCC1=NCC[N+]1(C)CCO. The van der Waals surface area contributed by atoms with Crippen LogP contribution >= 0.6 is 0 Å². The molecule has 1 heterocycles. The zero-order valence-corrected chi connectivity index (χ0v) is 14.4. The van der Waals surface area contributed by atoms with Crippen molar-refractivity contribution in [3.05, 3.63) is 0 Å². The van der Waals surface area contributed by atoms with Gasteiger partial charge in [0.15, 0.2) is 5.84 Å². The van der Waals surface area contributed by atoms with E-state index >= 15 is 0 Å². The number of aliphatic hydroxyl groups is 1. The molecule has 124 valence electrons. The molecule has 1 rings (SSSR count). The third-order valence-electron chi connectivity index (χ3n) is 4.86. The Labute approximate surface area is 132 Å². The second-order valence-electron chi connectivity index (χ2n) is 6.80. The summed E-state index contributed by atoms with van der Waals surface area (Å²) >= 11 is 0. The number of likely N-dealkylation sites (N-methyl/N-ethyl adjacent to an activating group) is 1. The minimum absolute atomic E-state index is 0.271. The van der Waals surface area contributed by atoms with E-state index in [4.69, 9.17) is 0 Å². The van der Waals surface area contributed by atoms with Gasteiger partial charge < -0.3 is 5.11 Å². The summed E-state index contributed by atoms with van der Waals surface area (Å²) in [7, 11) is 2.22. The van der Waals surface area contributed by atoms with Gasteiger partial charge in [-0.2, -0.15) is 0 Å². The van der Waals surface area contributed by atoms with Gasteiger partial charge in [0.2, 0.25) is 0 Å². The maximum atomic E-state index is 9.19. The Kier molecular flexibility index (Phi) is 9.94. The summed E-state index contributed by atoms with van der Waals surface area (Å²) < 4.78 is 0.883. The smallest absolute Gasteiger partial charge is 0.198 e. The molecule has 1 atom stereocenters. The molecule has 0 radical (unpaired) electrons. The highest BCUT2D eigenvalue weighted by Gasteiger charge is 2.32. The first-order valence-corrected chi connectivity index (χ1v) is 9.22. The number of unbranched alkanes of at least 4 members (excludes halogenated alkanes) is 9. The van der Waals surface area contributed by atoms with E-state index in [2.05, 4.69) is 19.0 Å². The third-order valence-corrected chi connectivity index (χ3v) is 4.86. The van der Waals surface area contributed by atoms with Crippen molar-refractivity contribution in [3.8, 4) is 0 Å². The number of rotatable bonds is 13. The Balaban J connectivity index is 1.97. The molecule has 21 heavy (non-hydrogen) atoms. The summed E-state index contributed by atoms with van der Waals surface area (Å²) in [6.45, 7) is 5.40. The highest BCUT2D eigenvalue weighted by molar-refractivity contribution is 5.76. The van der Waals surface area contributed by atoms with E-state index < -0.39 is 0 Å². The van der Waals surface area contributed by atoms with Crippen molar-refractivity contribution in [3.63, 3.8) is 0 Å². The first-order valence-electron chi connectivity index (χ1n) is 9.22. The largest absolute Gasteiger partial charge is 0.390 e. The van der Waals surface area contributed by atoms with Crippen LogP contribution < -0.4 is 0 Å². The average molecular weight is 298 g/mol. The van der Waals surface area contributed by atoms with Crippen molar-refractivity contribution in [2.24, 2.45) is 4.99 Å². The lowest BCUT2D eigenvalue weighted by Gasteiger charge is -2.29. The molecule has 1 unspecified atom stereocenters. The van der Waals surface area contributed by atoms with Gasteiger partial charge in [0.05, 0.1) is 20.2 Å². The van der Waals surface area contributed by atoms with Crippen LogP contribution in [0.4, 0.5) is 0 Å². The maximum Gasteiger partial charge on any atom is 0.198 e. The number of hydrogen-bond donors (Lipinski definition) is 1. The highest BCUT2D eigenvalue weighted by atomic mass is 16.3. The Hall–Kier alpha value is -0.410. The molecule has 1 aliphatic rings. The van der Waals surface area contributed by atoms with E-state index in [1.165, 1.54) is 70.0 Å². The Morgan fingerprint density at radius 3 is 2.10 bits per heavy atom. The summed E-state index contributed by atoms with van der Waals surface area (Å²) in [4.78, 5) is 4.66. The van der Waals surface area contributed by atoms with Crippen LogP contribution in [-0.4, -0.2) is 48.7 Å². The van der Waals surface area contributed by atoms with Crippen molar-refractivity contribution >= 4 is 5.84 Å². The van der Waals surface area contributed by atoms with Gasteiger partial charge >= 0.3 is 0 Å². The predicted octanol–water partition coefficient (Wildman–Crippen LogP) is 4.15. The fourth-order valence-electron chi connectivity index (χ4n) is 3.28. The molecule has 0 aliphatic carbocycles. The first kappa shape index (κ1) is 18.6. The Morgan fingerprint density at radius 1 is 0.952 bits per heavy atom. The fourth-order valence-corrected chi connectivity index (χ4v) is 3.28.